The molecule has 0 saturated heterocycles. The SMILES string of the molecule is CCc1cc(NN)nc(C2CC2)n1. The minimum atomic E-state index is 0.582. The molecule has 4 heteroatoms. The maximum atomic E-state index is 5.32. The van der Waals surface area contributed by atoms with Gasteiger partial charge in [0.25, 0.3) is 0 Å². The zero-order chi connectivity index (χ0) is 9.26. The minimum absolute atomic E-state index is 0.582. The summed E-state index contributed by atoms with van der Waals surface area (Å²) in [6.45, 7) is 2.08. The second kappa shape index (κ2) is 3.30. The van der Waals surface area contributed by atoms with Crippen LogP contribution in [0.25, 0.3) is 0 Å². The van der Waals surface area contributed by atoms with E-state index in [2.05, 4.69) is 22.3 Å². The normalized spacial score (nSPS) is 15.8. The summed E-state index contributed by atoms with van der Waals surface area (Å²) in [5.41, 5.74) is 3.63. The van der Waals surface area contributed by atoms with Crippen LogP contribution in [0.1, 0.15) is 37.2 Å². The zero-order valence-electron chi connectivity index (χ0n) is 7.75. The lowest BCUT2D eigenvalue weighted by Crippen LogP contribution is -2.11. The molecular formula is C9H14N4. The van der Waals surface area contributed by atoms with Crippen LogP contribution in [0.15, 0.2) is 6.07 Å². The van der Waals surface area contributed by atoms with Crippen LogP contribution in [0, 0.1) is 0 Å². The summed E-state index contributed by atoms with van der Waals surface area (Å²) in [6, 6.07) is 1.89. The van der Waals surface area contributed by atoms with E-state index < -0.39 is 0 Å². The van der Waals surface area contributed by atoms with Crippen molar-refractivity contribution in [1.82, 2.24) is 9.97 Å². The predicted octanol–water partition coefficient (Wildman–Crippen LogP) is 1.20. The average molecular weight is 178 g/mol. The fourth-order valence-corrected chi connectivity index (χ4v) is 1.30. The number of hydrazine groups is 1. The largest absolute Gasteiger partial charge is 0.308 e. The molecule has 0 atom stereocenters. The van der Waals surface area contributed by atoms with Crippen LogP contribution in [0.3, 0.4) is 0 Å². The zero-order valence-corrected chi connectivity index (χ0v) is 7.75. The smallest absolute Gasteiger partial charge is 0.143 e. The van der Waals surface area contributed by atoms with Gasteiger partial charge in [-0.25, -0.2) is 15.8 Å². The molecule has 0 bridgehead atoms. The Kier molecular flexibility index (Phi) is 2.14. The van der Waals surface area contributed by atoms with Crippen LogP contribution in [-0.4, -0.2) is 9.97 Å². The summed E-state index contributed by atoms with van der Waals surface area (Å²) < 4.78 is 0. The van der Waals surface area contributed by atoms with Gasteiger partial charge in [-0.1, -0.05) is 6.92 Å². The monoisotopic (exact) mass is 178 g/mol. The quantitative estimate of drug-likeness (QED) is 0.539. The molecule has 0 spiro atoms. The fraction of sp³-hybridized carbons (Fsp3) is 0.556. The van der Waals surface area contributed by atoms with Crippen LogP contribution >= 0.6 is 0 Å². The lowest BCUT2D eigenvalue weighted by atomic mass is 10.3. The molecule has 13 heavy (non-hydrogen) atoms. The molecule has 0 aliphatic heterocycles. The van der Waals surface area contributed by atoms with Gasteiger partial charge in [0.1, 0.15) is 11.6 Å². The number of nitrogens with zero attached hydrogens (tertiary/aromatic N) is 2. The van der Waals surface area contributed by atoms with Crippen molar-refractivity contribution in [1.29, 1.82) is 0 Å². The Balaban J connectivity index is 2.33. The maximum absolute atomic E-state index is 5.32. The third-order valence-corrected chi connectivity index (χ3v) is 2.25. The summed E-state index contributed by atoms with van der Waals surface area (Å²) in [6.07, 6.45) is 3.37. The number of aryl methyl sites for hydroxylation is 1. The van der Waals surface area contributed by atoms with E-state index >= 15 is 0 Å². The van der Waals surface area contributed by atoms with Gasteiger partial charge in [-0.15, -0.1) is 0 Å². The molecule has 3 N–H and O–H groups in total. The van der Waals surface area contributed by atoms with Crippen LogP contribution in [0.5, 0.6) is 0 Å². The summed E-state index contributed by atoms with van der Waals surface area (Å²) in [4.78, 5) is 8.77. The molecule has 0 amide bonds. The Morgan fingerprint density at radius 2 is 2.31 bits per heavy atom. The van der Waals surface area contributed by atoms with Crippen molar-refractivity contribution in [2.45, 2.75) is 32.1 Å². The first-order valence-corrected chi connectivity index (χ1v) is 4.68. The molecule has 1 saturated carbocycles. The van der Waals surface area contributed by atoms with E-state index in [1.807, 2.05) is 6.07 Å². The number of aromatic nitrogens is 2. The molecule has 1 aromatic heterocycles. The third-order valence-electron chi connectivity index (χ3n) is 2.25. The lowest BCUT2D eigenvalue weighted by Gasteiger charge is -2.04. The van der Waals surface area contributed by atoms with Crippen molar-refractivity contribution >= 4 is 5.82 Å². The van der Waals surface area contributed by atoms with Crippen LogP contribution in [-0.2, 0) is 6.42 Å². The van der Waals surface area contributed by atoms with Crippen molar-refractivity contribution in [2.75, 3.05) is 5.43 Å². The Morgan fingerprint density at radius 3 is 2.85 bits per heavy atom. The topological polar surface area (TPSA) is 63.8 Å². The van der Waals surface area contributed by atoms with E-state index in [0.717, 1.165) is 23.8 Å². The highest BCUT2D eigenvalue weighted by Gasteiger charge is 2.27. The third kappa shape index (κ3) is 1.78. The molecule has 1 heterocycles. The molecule has 1 aromatic rings. The number of anilines is 1. The molecule has 4 nitrogen and oxygen atoms in total. The van der Waals surface area contributed by atoms with Crippen molar-refractivity contribution in [3.63, 3.8) is 0 Å². The first-order valence-electron chi connectivity index (χ1n) is 4.68. The molecule has 70 valence electrons. The first kappa shape index (κ1) is 8.44. The van der Waals surface area contributed by atoms with E-state index in [4.69, 9.17) is 5.84 Å². The second-order valence-electron chi connectivity index (χ2n) is 3.37. The Labute approximate surface area is 77.5 Å². The standard InChI is InChI=1S/C9H14N4/c1-2-7-5-8(13-10)12-9(11-7)6-3-4-6/h5-6H,2-4,10H2,1H3,(H,11,12,13). The highest BCUT2D eigenvalue weighted by molar-refractivity contribution is 5.35. The van der Waals surface area contributed by atoms with Crippen molar-refractivity contribution in [3.05, 3.63) is 17.6 Å². The number of nitrogen functional groups attached to an aromatic ring is 1. The van der Waals surface area contributed by atoms with Crippen LogP contribution in [0.2, 0.25) is 0 Å². The number of rotatable bonds is 3. The van der Waals surface area contributed by atoms with Gasteiger partial charge < -0.3 is 5.43 Å². The van der Waals surface area contributed by atoms with Gasteiger partial charge in [-0.2, -0.15) is 0 Å². The van der Waals surface area contributed by atoms with Gasteiger partial charge in [0.2, 0.25) is 0 Å². The molecule has 0 unspecified atom stereocenters. The number of hydrogen-bond acceptors (Lipinski definition) is 4. The van der Waals surface area contributed by atoms with Gasteiger partial charge in [0.15, 0.2) is 0 Å². The summed E-state index contributed by atoms with van der Waals surface area (Å²) >= 11 is 0. The van der Waals surface area contributed by atoms with Gasteiger partial charge in [0, 0.05) is 17.7 Å². The Morgan fingerprint density at radius 1 is 1.54 bits per heavy atom. The number of nitrogens with two attached hydrogens (primary N) is 1. The first-order chi connectivity index (χ1) is 6.33. The van der Waals surface area contributed by atoms with Crippen molar-refractivity contribution in [2.24, 2.45) is 5.84 Å². The number of hydrogen-bond donors (Lipinski definition) is 2. The second-order valence-corrected chi connectivity index (χ2v) is 3.37. The Hall–Kier alpha value is -1.16. The molecule has 0 radical (unpaired) electrons. The summed E-state index contributed by atoms with van der Waals surface area (Å²) in [7, 11) is 0. The highest BCUT2D eigenvalue weighted by Crippen LogP contribution is 2.38. The maximum Gasteiger partial charge on any atom is 0.143 e. The van der Waals surface area contributed by atoms with E-state index in [1.165, 1.54) is 12.8 Å². The molecular weight excluding hydrogens is 164 g/mol. The molecule has 2 rings (SSSR count). The molecule has 1 aliphatic rings. The average Bonchev–Trinajstić information content (AvgIpc) is 3.00. The van der Waals surface area contributed by atoms with Crippen molar-refractivity contribution < 1.29 is 0 Å². The van der Waals surface area contributed by atoms with E-state index in [9.17, 15) is 0 Å². The minimum Gasteiger partial charge on any atom is -0.308 e. The Bertz CT molecular complexity index is 284. The van der Waals surface area contributed by atoms with E-state index in [0.29, 0.717) is 5.92 Å². The molecule has 1 fully saturated rings. The van der Waals surface area contributed by atoms with E-state index in [1.54, 1.807) is 0 Å². The highest BCUT2D eigenvalue weighted by atomic mass is 15.3. The lowest BCUT2D eigenvalue weighted by molar-refractivity contribution is 0.878. The van der Waals surface area contributed by atoms with Gasteiger partial charge >= 0.3 is 0 Å². The van der Waals surface area contributed by atoms with Crippen molar-refractivity contribution in [3.8, 4) is 0 Å². The van der Waals surface area contributed by atoms with Crippen LogP contribution < -0.4 is 11.3 Å². The fourth-order valence-electron chi connectivity index (χ4n) is 1.30. The van der Waals surface area contributed by atoms with E-state index in [-0.39, 0.29) is 0 Å². The molecule has 0 aromatic carbocycles. The number of nitrogens with one attached hydrogen (secondary N) is 1. The van der Waals surface area contributed by atoms with Gasteiger partial charge in [0.05, 0.1) is 0 Å². The van der Waals surface area contributed by atoms with Crippen LogP contribution in [0.4, 0.5) is 5.82 Å². The van der Waals surface area contributed by atoms with Gasteiger partial charge in [-0.05, 0) is 19.3 Å². The molecule has 1 aliphatic carbocycles. The summed E-state index contributed by atoms with van der Waals surface area (Å²) in [5.74, 6) is 7.59. The predicted molar refractivity (Wildman–Crippen MR) is 51.2 cm³/mol. The van der Waals surface area contributed by atoms with Gasteiger partial charge in [-0.3, -0.25) is 0 Å². The summed E-state index contributed by atoms with van der Waals surface area (Å²) in [5, 5.41) is 0.